The standard InChI is InChI=1S/C21H28N2O/c24-21(12-11-18-7-3-1-4-8-18)22-17-19-13-15-23(16-14-19)20-9-5-2-6-10-20/h1,3-5,7-9,13,20H,2,6,10-12,14-17H2,(H,22,24)/t20-/m0/s1. The third-order valence-corrected chi connectivity index (χ3v) is 5.03. The molecular weight excluding hydrogens is 296 g/mol. The van der Waals surface area contributed by atoms with Crippen LogP contribution in [0.3, 0.4) is 0 Å². The Morgan fingerprint density at radius 2 is 2.12 bits per heavy atom. The van der Waals surface area contributed by atoms with Crippen molar-refractivity contribution < 1.29 is 4.79 Å². The second kappa shape index (κ2) is 8.84. The zero-order chi connectivity index (χ0) is 16.6. The Morgan fingerprint density at radius 3 is 2.83 bits per heavy atom. The number of hydrogen-bond donors (Lipinski definition) is 1. The second-order valence-electron chi connectivity index (χ2n) is 6.80. The van der Waals surface area contributed by atoms with Crippen LogP contribution in [0.5, 0.6) is 0 Å². The Labute approximate surface area is 145 Å². The van der Waals surface area contributed by atoms with E-state index in [9.17, 15) is 4.79 Å². The van der Waals surface area contributed by atoms with Gasteiger partial charge >= 0.3 is 0 Å². The van der Waals surface area contributed by atoms with Crippen molar-refractivity contribution in [3.63, 3.8) is 0 Å². The Bertz CT molecular complexity index is 591. The van der Waals surface area contributed by atoms with Crippen molar-refractivity contribution >= 4 is 5.91 Å². The summed E-state index contributed by atoms with van der Waals surface area (Å²) in [7, 11) is 0. The van der Waals surface area contributed by atoms with Gasteiger partial charge in [-0.1, -0.05) is 54.1 Å². The summed E-state index contributed by atoms with van der Waals surface area (Å²) in [6.45, 7) is 2.84. The van der Waals surface area contributed by atoms with E-state index < -0.39 is 0 Å². The van der Waals surface area contributed by atoms with Crippen molar-refractivity contribution in [2.75, 3.05) is 19.6 Å². The summed E-state index contributed by atoms with van der Waals surface area (Å²) in [6.07, 6.45) is 13.3. The normalized spacial score (nSPS) is 21.3. The summed E-state index contributed by atoms with van der Waals surface area (Å²) in [5, 5.41) is 3.08. The number of amides is 1. The van der Waals surface area contributed by atoms with Crippen LogP contribution < -0.4 is 5.32 Å². The maximum Gasteiger partial charge on any atom is 0.220 e. The molecule has 0 saturated carbocycles. The molecule has 0 radical (unpaired) electrons. The highest BCUT2D eigenvalue weighted by Crippen LogP contribution is 2.20. The van der Waals surface area contributed by atoms with Gasteiger partial charge < -0.3 is 5.32 Å². The minimum Gasteiger partial charge on any atom is -0.352 e. The molecule has 1 aromatic rings. The molecule has 3 rings (SSSR count). The van der Waals surface area contributed by atoms with Gasteiger partial charge in [-0.3, -0.25) is 9.69 Å². The molecule has 1 N–H and O–H groups in total. The molecule has 1 aliphatic carbocycles. The van der Waals surface area contributed by atoms with E-state index in [2.05, 4.69) is 40.6 Å². The van der Waals surface area contributed by atoms with Gasteiger partial charge in [0.05, 0.1) is 0 Å². The number of nitrogens with zero attached hydrogens (tertiary/aromatic N) is 1. The molecule has 3 nitrogen and oxygen atoms in total. The first-order valence-corrected chi connectivity index (χ1v) is 9.20. The number of nitrogens with one attached hydrogen (secondary N) is 1. The summed E-state index contributed by atoms with van der Waals surface area (Å²) in [5.41, 5.74) is 2.60. The van der Waals surface area contributed by atoms with Crippen molar-refractivity contribution in [2.24, 2.45) is 0 Å². The predicted octanol–water partition coefficient (Wildman–Crippen LogP) is 3.48. The van der Waals surface area contributed by atoms with E-state index in [0.29, 0.717) is 19.0 Å². The molecular formula is C21H28N2O. The van der Waals surface area contributed by atoms with Crippen molar-refractivity contribution in [3.05, 3.63) is 59.7 Å². The van der Waals surface area contributed by atoms with Crippen LogP contribution >= 0.6 is 0 Å². The SMILES string of the molecule is O=C(CCc1ccccc1)NCC1=CCN([C@H]2C=CCCC2)CC1. The van der Waals surface area contributed by atoms with Gasteiger partial charge in [0, 0.05) is 32.1 Å². The lowest BCUT2D eigenvalue weighted by Crippen LogP contribution is -2.39. The molecule has 1 atom stereocenters. The molecule has 0 aromatic heterocycles. The lowest BCUT2D eigenvalue weighted by atomic mass is 9.99. The lowest BCUT2D eigenvalue weighted by Gasteiger charge is -2.33. The van der Waals surface area contributed by atoms with Crippen LogP contribution in [0, 0.1) is 0 Å². The van der Waals surface area contributed by atoms with Gasteiger partial charge in [-0.25, -0.2) is 0 Å². The largest absolute Gasteiger partial charge is 0.352 e. The molecule has 0 saturated heterocycles. The smallest absolute Gasteiger partial charge is 0.220 e. The van der Waals surface area contributed by atoms with Gasteiger partial charge in [-0.05, 0) is 37.7 Å². The first-order chi connectivity index (χ1) is 11.8. The lowest BCUT2D eigenvalue weighted by molar-refractivity contribution is -0.120. The fourth-order valence-electron chi connectivity index (χ4n) is 3.49. The van der Waals surface area contributed by atoms with Crippen molar-refractivity contribution in [3.8, 4) is 0 Å². The minimum absolute atomic E-state index is 0.150. The molecule has 128 valence electrons. The monoisotopic (exact) mass is 324 g/mol. The number of carbonyl (C=O) groups is 1. The van der Waals surface area contributed by atoms with Crippen LogP contribution in [-0.4, -0.2) is 36.5 Å². The first kappa shape index (κ1) is 17.0. The number of carbonyl (C=O) groups excluding carboxylic acids is 1. The Morgan fingerprint density at radius 1 is 1.25 bits per heavy atom. The zero-order valence-corrected chi connectivity index (χ0v) is 14.4. The molecule has 24 heavy (non-hydrogen) atoms. The molecule has 0 spiro atoms. The fourth-order valence-corrected chi connectivity index (χ4v) is 3.49. The van der Waals surface area contributed by atoms with Crippen molar-refractivity contribution in [2.45, 2.75) is 44.6 Å². The highest BCUT2D eigenvalue weighted by molar-refractivity contribution is 5.76. The third-order valence-electron chi connectivity index (χ3n) is 5.03. The molecule has 1 aliphatic heterocycles. The highest BCUT2D eigenvalue weighted by atomic mass is 16.1. The van der Waals surface area contributed by atoms with Crippen molar-refractivity contribution in [1.29, 1.82) is 0 Å². The van der Waals surface area contributed by atoms with Crippen LogP contribution in [0.1, 0.15) is 37.7 Å². The average molecular weight is 324 g/mol. The zero-order valence-electron chi connectivity index (χ0n) is 14.4. The Balaban J connectivity index is 1.37. The summed E-state index contributed by atoms with van der Waals surface area (Å²) in [4.78, 5) is 14.6. The number of rotatable bonds is 6. The van der Waals surface area contributed by atoms with E-state index in [1.807, 2.05) is 18.2 Å². The third kappa shape index (κ3) is 5.07. The molecule has 1 heterocycles. The maximum atomic E-state index is 12.0. The van der Waals surface area contributed by atoms with Gasteiger partial charge in [0.15, 0.2) is 0 Å². The molecule has 0 fully saturated rings. The second-order valence-corrected chi connectivity index (χ2v) is 6.80. The molecule has 3 heteroatoms. The highest BCUT2D eigenvalue weighted by Gasteiger charge is 2.19. The quantitative estimate of drug-likeness (QED) is 0.813. The van der Waals surface area contributed by atoms with Gasteiger partial charge in [0.1, 0.15) is 0 Å². The summed E-state index contributed by atoms with van der Waals surface area (Å²) < 4.78 is 0. The van der Waals surface area contributed by atoms with Gasteiger partial charge in [-0.2, -0.15) is 0 Å². The van der Waals surface area contributed by atoms with Crippen molar-refractivity contribution in [1.82, 2.24) is 10.2 Å². The summed E-state index contributed by atoms with van der Waals surface area (Å²) >= 11 is 0. The van der Waals surface area contributed by atoms with Gasteiger partial charge in [-0.15, -0.1) is 0 Å². The summed E-state index contributed by atoms with van der Waals surface area (Å²) in [6, 6.07) is 10.8. The fraction of sp³-hybridized carbons (Fsp3) is 0.476. The minimum atomic E-state index is 0.150. The molecule has 0 bridgehead atoms. The first-order valence-electron chi connectivity index (χ1n) is 9.20. The molecule has 0 unspecified atom stereocenters. The number of benzene rings is 1. The average Bonchev–Trinajstić information content (AvgIpc) is 2.67. The van der Waals surface area contributed by atoms with Gasteiger partial charge in [0.25, 0.3) is 0 Å². The van der Waals surface area contributed by atoms with Crippen LogP contribution in [0.15, 0.2) is 54.1 Å². The maximum absolute atomic E-state index is 12.0. The topological polar surface area (TPSA) is 32.3 Å². The Hall–Kier alpha value is -1.87. The predicted molar refractivity (Wildman–Crippen MR) is 98.8 cm³/mol. The van der Waals surface area contributed by atoms with Crippen LogP contribution in [0.25, 0.3) is 0 Å². The van der Waals surface area contributed by atoms with Gasteiger partial charge in [0.2, 0.25) is 5.91 Å². The molecule has 2 aliphatic rings. The van der Waals surface area contributed by atoms with E-state index in [4.69, 9.17) is 0 Å². The van der Waals surface area contributed by atoms with E-state index >= 15 is 0 Å². The van der Waals surface area contributed by atoms with Crippen LogP contribution in [0.2, 0.25) is 0 Å². The van der Waals surface area contributed by atoms with Crippen LogP contribution in [-0.2, 0) is 11.2 Å². The Kier molecular flexibility index (Phi) is 6.25. The number of allylic oxidation sites excluding steroid dienone is 1. The molecule has 1 aromatic carbocycles. The summed E-state index contributed by atoms with van der Waals surface area (Å²) in [5.74, 6) is 0.150. The van der Waals surface area contributed by atoms with E-state index in [1.165, 1.54) is 30.4 Å². The van der Waals surface area contributed by atoms with E-state index in [-0.39, 0.29) is 5.91 Å². The van der Waals surface area contributed by atoms with E-state index in [1.54, 1.807) is 0 Å². The van der Waals surface area contributed by atoms with Crippen LogP contribution in [0.4, 0.5) is 0 Å². The number of hydrogen-bond acceptors (Lipinski definition) is 2. The van der Waals surface area contributed by atoms with E-state index in [0.717, 1.165) is 25.9 Å². The molecule has 1 amide bonds. The number of aryl methyl sites for hydroxylation is 1.